The lowest BCUT2D eigenvalue weighted by Gasteiger charge is -2.27. The number of ether oxygens (including phenoxy) is 3. The van der Waals surface area contributed by atoms with E-state index in [-0.39, 0.29) is 44.6 Å². The number of amides is 3. The van der Waals surface area contributed by atoms with E-state index in [1.54, 1.807) is 14.1 Å². The number of nitrogens with two attached hydrogens (primary N) is 1. The second-order valence-corrected chi connectivity index (χ2v) is 7.27. The van der Waals surface area contributed by atoms with Gasteiger partial charge < -0.3 is 35.5 Å². The molecule has 0 aliphatic rings. The molecule has 0 rings (SSSR count). The minimum Gasteiger partial charge on any atom is -0.448 e. The first-order valence-corrected chi connectivity index (χ1v) is 11.0. The molecule has 0 saturated heterocycles. The van der Waals surface area contributed by atoms with Gasteiger partial charge in [-0.3, -0.25) is 4.90 Å². The first-order chi connectivity index (χ1) is 14.8. The molecule has 0 aromatic carbocycles. The Morgan fingerprint density at radius 3 is 1.70 bits per heavy atom. The SMILES string of the molecule is CCCCNC(=O)OCCN(CCOC(=O)NCCCC)CC(CN)OC(=O)N(C)C.Cl.Cl. The van der Waals surface area contributed by atoms with E-state index in [4.69, 9.17) is 19.9 Å². The van der Waals surface area contributed by atoms with Gasteiger partial charge in [-0.15, -0.1) is 24.8 Å². The predicted octanol–water partition coefficient (Wildman–Crippen LogP) is 2.21. The quantitative estimate of drug-likeness (QED) is 0.208. The monoisotopic (exact) mass is 519 g/mol. The van der Waals surface area contributed by atoms with Gasteiger partial charge in [0.1, 0.15) is 19.3 Å². The molecule has 0 spiro atoms. The first-order valence-electron chi connectivity index (χ1n) is 11.0. The molecule has 3 amide bonds. The number of nitrogens with zero attached hydrogens (tertiary/aromatic N) is 2. The Balaban J connectivity index is -0.00000450. The van der Waals surface area contributed by atoms with Gasteiger partial charge >= 0.3 is 18.3 Å². The standard InChI is InChI=1S/C20H41N5O6.2ClH/c1-5-7-9-22-18(26)29-13-11-25(12-14-30-19(27)23-10-8-6-2)16-17(15-21)31-20(28)24(3)4;;/h17H,5-16,21H2,1-4H3,(H,22,26)(H,23,27);2*1H. The van der Waals surface area contributed by atoms with Crippen molar-refractivity contribution in [2.45, 2.75) is 45.6 Å². The van der Waals surface area contributed by atoms with Crippen LogP contribution in [0.15, 0.2) is 0 Å². The van der Waals surface area contributed by atoms with Crippen LogP contribution in [-0.4, -0.2) is 101 Å². The summed E-state index contributed by atoms with van der Waals surface area (Å²) < 4.78 is 15.7. The van der Waals surface area contributed by atoms with Crippen molar-refractivity contribution in [2.24, 2.45) is 5.73 Å². The zero-order chi connectivity index (χ0) is 23.5. The summed E-state index contributed by atoms with van der Waals surface area (Å²) in [5.74, 6) is 0. The minimum atomic E-state index is -0.549. The van der Waals surface area contributed by atoms with Gasteiger partial charge in [0, 0.05) is 53.4 Å². The van der Waals surface area contributed by atoms with Crippen molar-refractivity contribution < 1.29 is 28.6 Å². The summed E-state index contributed by atoms with van der Waals surface area (Å²) in [6.07, 6.45) is 1.73. The Bertz CT molecular complexity index is 489. The summed E-state index contributed by atoms with van der Waals surface area (Å²) in [7, 11) is 3.17. The number of hydrogen-bond acceptors (Lipinski definition) is 8. The van der Waals surface area contributed by atoms with E-state index in [1.807, 2.05) is 18.7 Å². The van der Waals surface area contributed by atoms with E-state index in [0.29, 0.717) is 32.7 Å². The molecule has 4 N–H and O–H groups in total. The van der Waals surface area contributed by atoms with Crippen molar-refractivity contribution in [3.63, 3.8) is 0 Å². The second-order valence-electron chi connectivity index (χ2n) is 7.27. The number of carbonyl (C=O) groups excluding carboxylic acids is 3. The van der Waals surface area contributed by atoms with Gasteiger partial charge in [-0.25, -0.2) is 14.4 Å². The maximum Gasteiger partial charge on any atom is 0.409 e. The van der Waals surface area contributed by atoms with Crippen LogP contribution in [0.25, 0.3) is 0 Å². The molecule has 33 heavy (non-hydrogen) atoms. The molecule has 0 saturated carbocycles. The fourth-order valence-corrected chi connectivity index (χ4v) is 2.36. The third-order valence-corrected chi connectivity index (χ3v) is 4.24. The average Bonchev–Trinajstić information content (AvgIpc) is 2.73. The molecule has 1 unspecified atom stereocenters. The van der Waals surface area contributed by atoms with E-state index in [0.717, 1.165) is 25.7 Å². The van der Waals surface area contributed by atoms with E-state index >= 15 is 0 Å². The van der Waals surface area contributed by atoms with E-state index in [1.165, 1.54) is 4.90 Å². The van der Waals surface area contributed by atoms with Gasteiger partial charge in [-0.05, 0) is 12.8 Å². The molecule has 13 heteroatoms. The predicted molar refractivity (Wildman–Crippen MR) is 132 cm³/mol. The molecular formula is C20H43Cl2N5O6. The van der Waals surface area contributed by atoms with E-state index in [2.05, 4.69) is 10.6 Å². The van der Waals surface area contributed by atoms with Crippen LogP contribution in [0.1, 0.15) is 39.5 Å². The topological polar surface area (TPSA) is 135 Å². The Morgan fingerprint density at radius 1 is 0.879 bits per heavy atom. The molecule has 0 heterocycles. The average molecular weight is 520 g/mol. The third-order valence-electron chi connectivity index (χ3n) is 4.24. The highest BCUT2D eigenvalue weighted by atomic mass is 35.5. The van der Waals surface area contributed by atoms with Gasteiger partial charge in [-0.2, -0.15) is 0 Å². The summed E-state index contributed by atoms with van der Waals surface area (Å²) >= 11 is 0. The maximum absolute atomic E-state index is 11.8. The number of halogens is 2. The Hall–Kier alpha value is -1.69. The van der Waals surface area contributed by atoms with Crippen LogP contribution in [0.3, 0.4) is 0 Å². The van der Waals surface area contributed by atoms with Crippen molar-refractivity contribution in [1.82, 2.24) is 20.4 Å². The van der Waals surface area contributed by atoms with E-state index in [9.17, 15) is 14.4 Å². The second kappa shape index (κ2) is 23.5. The summed E-state index contributed by atoms with van der Waals surface area (Å²) in [5, 5.41) is 5.36. The van der Waals surface area contributed by atoms with Crippen molar-refractivity contribution in [3.8, 4) is 0 Å². The molecule has 1 atom stereocenters. The van der Waals surface area contributed by atoms with Crippen LogP contribution in [0.4, 0.5) is 14.4 Å². The highest BCUT2D eigenvalue weighted by molar-refractivity contribution is 5.85. The van der Waals surface area contributed by atoms with Crippen LogP contribution in [0.2, 0.25) is 0 Å². The third kappa shape index (κ3) is 20.6. The largest absolute Gasteiger partial charge is 0.448 e. The summed E-state index contributed by atoms with van der Waals surface area (Å²) in [6, 6.07) is 0. The molecule has 0 bridgehead atoms. The van der Waals surface area contributed by atoms with Crippen molar-refractivity contribution in [3.05, 3.63) is 0 Å². The smallest absolute Gasteiger partial charge is 0.409 e. The highest BCUT2D eigenvalue weighted by Gasteiger charge is 2.19. The molecule has 0 aromatic heterocycles. The van der Waals surface area contributed by atoms with Gasteiger partial charge in [0.15, 0.2) is 0 Å². The van der Waals surface area contributed by atoms with Gasteiger partial charge in [0.05, 0.1) is 0 Å². The first kappa shape index (κ1) is 35.9. The fraction of sp³-hybridized carbons (Fsp3) is 0.850. The summed E-state index contributed by atoms with van der Waals surface area (Å²) in [4.78, 5) is 38.4. The highest BCUT2D eigenvalue weighted by Crippen LogP contribution is 2.01. The molecule has 0 fully saturated rings. The lowest BCUT2D eigenvalue weighted by Crippen LogP contribution is -2.44. The number of hydrogen-bond donors (Lipinski definition) is 3. The molecule has 11 nitrogen and oxygen atoms in total. The molecule has 0 aromatic rings. The van der Waals surface area contributed by atoms with Gasteiger partial charge in [-0.1, -0.05) is 26.7 Å². The number of alkyl carbamates (subject to hydrolysis) is 2. The van der Waals surface area contributed by atoms with Crippen LogP contribution >= 0.6 is 24.8 Å². The Labute approximate surface area is 210 Å². The fourth-order valence-electron chi connectivity index (χ4n) is 2.36. The molecule has 0 aliphatic carbocycles. The number of unbranched alkanes of at least 4 members (excludes halogenated alkanes) is 2. The van der Waals surface area contributed by atoms with Gasteiger partial charge in [0.2, 0.25) is 0 Å². The van der Waals surface area contributed by atoms with E-state index < -0.39 is 24.4 Å². The Morgan fingerprint density at radius 2 is 1.33 bits per heavy atom. The number of carbonyl (C=O) groups is 3. The van der Waals surface area contributed by atoms with Crippen LogP contribution in [0, 0.1) is 0 Å². The zero-order valence-corrected chi connectivity index (χ0v) is 21.9. The molecule has 198 valence electrons. The normalized spacial score (nSPS) is 10.8. The summed E-state index contributed by atoms with van der Waals surface area (Å²) in [5.41, 5.74) is 5.75. The zero-order valence-electron chi connectivity index (χ0n) is 20.3. The van der Waals surface area contributed by atoms with Crippen molar-refractivity contribution in [2.75, 3.05) is 66.6 Å². The lowest BCUT2D eigenvalue weighted by atomic mass is 10.3. The van der Waals surface area contributed by atoms with Crippen LogP contribution in [0.5, 0.6) is 0 Å². The number of nitrogens with one attached hydrogen (secondary N) is 2. The molecular weight excluding hydrogens is 477 g/mol. The van der Waals surface area contributed by atoms with Gasteiger partial charge in [0.25, 0.3) is 0 Å². The van der Waals surface area contributed by atoms with Crippen LogP contribution in [-0.2, 0) is 14.2 Å². The van der Waals surface area contributed by atoms with Crippen molar-refractivity contribution in [1.29, 1.82) is 0 Å². The minimum absolute atomic E-state index is 0. The maximum atomic E-state index is 11.8. The molecule has 0 radical (unpaired) electrons. The van der Waals surface area contributed by atoms with Crippen LogP contribution < -0.4 is 16.4 Å². The Kier molecular flexibility index (Phi) is 25.5. The number of rotatable bonds is 16. The van der Waals surface area contributed by atoms with Crippen molar-refractivity contribution >= 4 is 43.1 Å². The lowest BCUT2D eigenvalue weighted by molar-refractivity contribution is 0.0445. The summed E-state index contributed by atoms with van der Waals surface area (Å²) in [6.45, 7) is 6.67. The molecule has 0 aliphatic heterocycles.